The molecule has 14 heavy (non-hydrogen) atoms. The van der Waals surface area contributed by atoms with Gasteiger partial charge in [-0.15, -0.1) is 0 Å². The van der Waals surface area contributed by atoms with Crippen LogP contribution < -0.4 is 0 Å². The van der Waals surface area contributed by atoms with E-state index in [1.54, 1.807) is 20.6 Å². The first-order valence-corrected chi connectivity index (χ1v) is 8.97. The molecule has 1 aliphatic rings. The fourth-order valence-electron chi connectivity index (χ4n) is 1.43. The molecule has 1 saturated heterocycles. The van der Waals surface area contributed by atoms with Crippen LogP contribution in [-0.4, -0.2) is 17.3 Å². The highest BCUT2D eigenvalue weighted by Gasteiger charge is 2.10. The van der Waals surface area contributed by atoms with Crippen molar-refractivity contribution in [2.45, 2.75) is 50.2 Å². The van der Waals surface area contributed by atoms with E-state index in [4.69, 9.17) is 0 Å². The predicted molar refractivity (Wildman–Crippen MR) is 69.4 cm³/mol. The fourth-order valence-corrected chi connectivity index (χ4v) is 5.66. The normalized spacial score (nSPS) is 27.3. The van der Waals surface area contributed by atoms with Gasteiger partial charge >= 0.3 is 0 Å². The van der Waals surface area contributed by atoms with Crippen molar-refractivity contribution in [3.63, 3.8) is 0 Å². The van der Waals surface area contributed by atoms with E-state index in [-0.39, 0.29) is 5.25 Å². The van der Waals surface area contributed by atoms with Gasteiger partial charge in [-0.05, 0) is 22.7 Å². The summed E-state index contributed by atoms with van der Waals surface area (Å²) in [6.07, 6.45) is 11.0. The van der Waals surface area contributed by atoms with Gasteiger partial charge in [0.1, 0.15) is 0 Å². The van der Waals surface area contributed by atoms with Crippen molar-refractivity contribution >= 4 is 37.7 Å². The summed E-state index contributed by atoms with van der Waals surface area (Å²) in [6, 6.07) is 0. The van der Waals surface area contributed by atoms with E-state index in [9.17, 15) is 4.79 Å². The number of rotatable bonds is 1. The monoisotopic (exact) mass is 249 g/mol. The van der Waals surface area contributed by atoms with Crippen LogP contribution in [0.4, 0.5) is 0 Å². The second kappa shape index (κ2) is 8.98. The lowest BCUT2D eigenvalue weighted by atomic mass is 10.1. The minimum Gasteiger partial charge on any atom is -0.290 e. The summed E-state index contributed by atoms with van der Waals surface area (Å²) in [5.41, 5.74) is 0. The Labute approximate surface area is 98.3 Å². The Bertz CT molecular complexity index is 140. The van der Waals surface area contributed by atoms with Crippen LogP contribution in [0.2, 0.25) is 0 Å². The molecule has 1 rings (SSSR count). The molecule has 1 nitrogen and oxygen atoms in total. The van der Waals surface area contributed by atoms with Gasteiger partial charge in [0.25, 0.3) is 0 Å². The van der Waals surface area contributed by atoms with Crippen LogP contribution in [0.3, 0.4) is 0 Å². The number of carbonyl (C=O) groups excluding carboxylic acids is 1. The molecule has 0 amide bonds. The van der Waals surface area contributed by atoms with Gasteiger partial charge in [-0.2, -0.15) is 0 Å². The first kappa shape index (κ1) is 12.8. The molecule has 0 aromatic rings. The van der Waals surface area contributed by atoms with Gasteiger partial charge in [0.15, 0.2) is 0 Å². The van der Waals surface area contributed by atoms with Gasteiger partial charge in [0.05, 0.1) is 5.25 Å². The molecule has 4 heteroatoms. The lowest BCUT2D eigenvalue weighted by Gasteiger charge is -2.09. The SMILES string of the molecule is O=[C]C1CCCCCCCCSSS1. The van der Waals surface area contributed by atoms with Gasteiger partial charge in [-0.1, -0.05) is 53.7 Å². The minimum atomic E-state index is 0.104. The Balaban J connectivity index is 2.20. The molecule has 0 aliphatic carbocycles. The van der Waals surface area contributed by atoms with Crippen LogP contribution in [0, 0.1) is 0 Å². The van der Waals surface area contributed by atoms with E-state index in [1.807, 2.05) is 10.8 Å². The molecular formula is C10H17OS3. The molecule has 1 unspecified atom stereocenters. The van der Waals surface area contributed by atoms with E-state index in [0.29, 0.717) is 0 Å². The van der Waals surface area contributed by atoms with Crippen molar-refractivity contribution in [3.8, 4) is 0 Å². The molecule has 1 fully saturated rings. The van der Waals surface area contributed by atoms with Crippen LogP contribution in [0.5, 0.6) is 0 Å². The Morgan fingerprint density at radius 2 is 1.71 bits per heavy atom. The molecular weight excluding hydrogens is 232 g/mol. The first-order valence-electron chi connectivity index (χ1n) is 5.26. The van der Waals surface area contributed by atoms with Gasteiger partial charge < -0.3 is 0 Å². The summed E-state index contributed by atoms with van der Waals surface area (Å²) in [4.78, 5) is 10.6. The van der Waals surface area contributed by atoms with E-state index in [0.717, 1.165) is 6.42 Å². The third-order valence-corrected chi connectivity index (χ3v) is 6.77. The third kappa shape index (κ3) is 6.25. The quantitative estimate of drug-likeness (QED) is 0.646. The standard InChI is InChI=1S/C10H17OS3/c11-9-10-7-5-3-1-2-4-6-8-12-14-13-10/h10H,1-8H2. The second-order valence-electron chi connectivity index (χ2n) is 3.50. The minimum absolute atomic E-state index is 0.104. The van der Waals surface area contributed by atoms with Gasteiger partial charge in [0.2, 0.25) is 6.29 Å². The summed E-state index contributed by atoms with van der Waals surface area (Å²) in [7, 11) is 5.35. The Morgan fingerprint density at radius 3 is 2.50 bits per heavy atom. The predicted octanol–water partition coefficient (Wildman–Crippen LogP) is 4.24. The van der Waals surface area contributed by atoms with Crippen molar-refractivity contribution < 1.29 is 4.79 Å². The average Bonchev–Trinajstić information content (AvgIpc) is 2.19. The molecule has 0 bridgehead atoms. The summed E-state index contributed by atoms with van der Waals surface area (Å²) in [5, 5.41) is 0.104. The molecule has 1 heterocycles. The summed E-state index contributed by atoms with van der Waals surface area (Å²) in [6.45, 7) is 0. The molecule has 0 saturated carbocycles. The molecule has 81 valence electrons. The fraction of sp³-hybridized carbons (Fsp3) is 0.900. The molecule has 1 atom stereocenters. The molecule has 0 spiro atoms. The van der Waals surface area contributed by atoms with Crippen LogP contribution in [0.25, 0.3) is 0 Å². The highest BCUT2D eigenvalue weighted by Crippen LogP contribution is 2.39. The lowest BCUT2D eigenvalue weighted by molar-refractivity contribution is 0.543. The van der Waals surface area contributed by atoms with Crippen LogP contribution >= 0.6 is 31.4 Å². The molecule has 0 N–H and O–H groups in total. The zero-order valence-corrected chi connectivity index (χ0v) is 10.8. The average molecular weight is 249 g/mol. The van der Waals surface area contributed by atoms with E-state index >= 15 is 0 Å². The second-order valence-corrected chi connectivity index (χ2v) is 7.96. The maximum atomic E-state index is 10.6. The first-order chi connectivity index (χ1) is 6.93. The van der Waals surface area contributed by atoms with Gasteiger partial charge in [-0.3, -0.25) is 4.79 Å². The molecule has 1 radical (unpaired) electrons. The van der Waals surface area contributed by atoms with Crippen molar-refractivity contribution in [2.24, 2.45) is 0 Å². The largest absolute Gasteiger partial charge is 0.290 e. The van der Waals surface area contributed by atoms with Gasteiger partial charge in [-0.25, -0.2) is 0 Å². The van der Waals surface area contributed by atoms with Crippen LogP contribution in [-0.2, 0) is 4.79 Å². The van der Waals surface area contributed by atoms with Crippen LogP contribution in [0.15, 0.2) is 0 Å². The Morgan fingerprint density at radius 1 is 1.00 bits per heavy atom. The zero-order chi connectivity index (χ0) is 10.1. The zero-order valence-electron chi connectivity index (χ0n) is 8.37. The Kier molecular flexibility index (Phi) is 8.21. The smallest absolute Gasteiger partial charge is 0.213 e. The maximum absolute atomic E-state index is 10.6. The van der Waals surface area contributed by atoms with Gasteiger partial charge in [0, 0.05) is 5.75 Å². The lowest BCUT2D eigenvalue weighted by Crippen LogP contribution is -2.02. The van der Waals surface area contributed by atoms with Crippen molar-refractivity contribution in [2.75, 3.05) is 5.75 Å². The highest BCUT2D eigenvalue weighted by atomic mass is 33.5. The summed E-state index contributed by atoms with van der Waals surface area (Å²) >= 11 is 0. The molecule has 1 aliphatic heterocycles. The molecule has 0 aromatic heterocycles. The van der Waals surface area contributed by atoms with E-state index in [2.05, 4.69) is 6.29 Å². The van der Waals surface area contributed by atoms with E-state index in [1.165, 1.54) is 44.3 Å². The maximum Gasteiger partial charge on any atom is 0.213 e. The summed E-state index contributed by atoms with van der Waals surface area (Å²) < 4.78 is 0. The third-order valence-electron chi connectivity index (χ3n) is 2.28. The Hall–Kier alpha value is 0.720. The van der Waals surface area contributed by atoms with Crippen molar-refractivity contribution in [1.82, 2.24) is 0 Å². The molecule has 0 aromatic carbocycles. The van der Waals surface area contributed by atoms with Crippen molar-refractivity contribution in [3.05, 3.63) is 0 Å². The number of hydrogen-bond donors (Lipinski definition) is 0. The van der Waals surface area contributed by atoms with E-state index < -0.39 is 0 Å². The summed E-state index contributed by atoms with van der Waals surface area (Å²) in [5.74, 6) is 1.23. The van der Waals surface area contributed by atoms with Crippen molar-refractivity contribution in [1.29, 1.82) is 0 Å². The van der Waals surface area contributed by atoms with Crippen LogP contribution in [0.1, 0.15) is 44.9 Å². The highest BCUT2D eigenvalue weighted by molar-refractivity contribution is 9.09. The number of hydrogen-bond acceptors (Lipinski definition) is 4. The topological polar surface area (TPSA) is 17.1 Å².